The van der Waals surface area contributed by atoms with Crippen molar-refractivity contribution in [2.75, 3.05) is 5.32 Å². The Morgan fingerprint density at radius 2 is 1.77 bits per heavy atom. The van der Waals surface area contributed by atoms with Gasteiger partial charge in [0.2, 0.25) is 5.91 Å². The second-order valence-corrected chi connectivity index (χ2v) is 4.31. The van der Waals surface area contributed by atoms with Crippen LogP contribution in [0, 0.1) is 0 Å². The normalized spacial score (nSPS) is 10.9. The summed E-state index contributed by atoms with van der Waals surface area (Å²) >= 11 is 0. The van der Waals surface area contributed by atoms with Crippen molar-refractivity contribution in [1.82, 2.24) is 0 Å². The summed E-state index contributed by atoms with van der Waals surface area (Å²) in [5.74, 6) is -0.282. The molecule has 0 heterocycles. The standard InChI is InChI=1S/C16H12F3NO2/c1-2-15(21)20-14-9-8-12(10-13(14)16(17,18)19)22-11-6-4-3-5-7-11/h2-10H,1H2,(H,20,21). The first-order valence-electron chi connectivity index (χ1n) is 6.27. The van der Waals surface area contributed by atoms with E-state index in [1.165, 1.54) is 6.07 Å². The highest BCUT2D eigenvalue weighted by atomic mass is 19.4. The number of anilines is 1. The highest BCUT2D eigenvalue weighted by molar-refractivity contribution is 5.99. The van der Waals surface area contributed by atoms with Crippen molar-refractivity contribution in [2.24, 2.45) is 0 Å². The average molecular weight is 307 g/mol. The van der Waals surface area contributed by atoms with Gasteiger partial charge in [0.1, 0.15) is 11.5 Å². The average Bonchev–Trinajstić information content (AvgIpc) is 2.48. The molecule has 0 atom stereocenters. The molecule has 2 aromatic carbocycles. The Morgan fingerprint density at radius 3 is 2.36 bits per heavy atom. The third kappa shape index (κ3) is 3.88. The van der Waals surface area contributed by atoms with Gasteiger partial charge in [0, 0.05) is 0 Å². The van der Waals surface area contributed by atoms with Crippen LogP contribution >= 0.6 is 0 Å². The van der Waals surface area contributed by atoms with Gasteiger partial charge in [-0.3, -0.25) is 4.79 Å². The Bertz CT molecular complexity index is 682. The minimum atomic E-state index is -4.63. The zero-order valence-electron chi connectivity index (χ0n) is 11.4. The SMILES string of the molecule is C=CC(=O)Nc1ccc(Oc2ccccc2)cc1C(F)(F)F. The first kappa shape index (κ1) is 15.6. The van der Waals surface area contributed by atoms with E-state index in [1.807, 2.05) is 0 Å². The van der Waals surface area contributed by atoms with Crippen LogP contribution in [-0.2, 0) is 11.0 Å². The van der Waals surface area contributed by atoms with E-state index in [2.05, 4.69) is 11.9 Å². The lowest BCUT2D eigenvalue weighted by atomic mass is 10.1. The van der Waals surface area contributed by atoms with Crippen molar-refractivity contribution in [1.29, 1.82) is 0 Å². The second kappa shape index (κ2) is 6.34. The van der Waals surface area contributed by atoms with Crippen LogP contribution in [0.4, 0.5) is 18.9 Å². The van der Waals surface area contributed by atoms with E-state index in [4.69, 9.17) is 4.74 Å². The van der Waals surface area contributed by atoms with Crippen molar-refractivity contribution in [3.8, 4) is 11.5 Å². The summed E-state index contributed by atoms with van der Waals surface area (Å²) in [5.41, 5.74) is -1.34. The number of benzene rings is 2. The number of hydrogen-bond acceptors (Lipinski definition) is 2. The number of nitrogens with one attached hydrogen (secondary N) is 1. The molecule has 6 heteroatoms. The molecule has 1 N–H and O–H groups in total. The third-order valence-corrected chi connectivity index (χ3v) is 2.72. The van der Waals surface area contributed by atoms with Gasteiger partial charge in [0.05, 0.1) is 11.3 Å². The fourth-order valence-corrected chi connectivity index (χ4v) is 1.74. The molecule has 0 spiro atoms. The zero-order chi connectivity index (χ0) is 16.2. The Morgan fingerprint density at radius 1 is 1.09 bits per heavy atom. The minimum absolute atomic E-state index is 0.0233. The lowest BCUT2D eigenvalue weighted by molar-refractivity contribution is -0.137. The number of carbonyl (C=O) groups is 1. The maximum atomic E-state index is 13.1. The fraction of sp³-hybridized carbons (Fsp3) is 0.0625. The summed E-state index contributed by atoms with van der Waals surface area (Å²) in [6, 6.07) is 11.8. The number of ether oxygens (including phenoxy) is 1. The molecular formula is C16H12F3NO2. The molecule has 22 heavy (non-hydrogen) atoms. The van der Waals surface area contributed by atoms with Crippen molar-refractivity contribution in [3.05, 3.63) is 66.7 Å². The minimum Gasteiger partial charge on any atom is -0.457 e. The van der Waals surface area contributed by atoms with Gasteiger partial charge in [-0.05, 0) is 36.4 Å². The monoisotopic (exact) mass is 307 g/mol. The van der Waals surface area contributed by atoms with Gasteiger partial charge in [-0.2, -0.15) is 13.2 Å². The summed E-state index contributed by atoms with van der Waals surface area (Å²) in [6.07, 6.45) is -3.73. The quantitative estimate of drug-likeness (QED) is 0.837. The molecule has 0 saturated carbocycles. The number of para-hydroxylation sites is 1. The Kier molecular flexibility index (Phi) is 4.50. The van der Waals surface area contributed by atoms with Gasteiger partial charge in [0.25, 0.3) is 0 Å². The molecular weight excluding hydrogens is 295 g/mol. The number of amides is 1. The van der Waals surface area contributed by atoms with E-state index in [1.54, 1.807) is 30.3 Å². The van der Waals surface area contributed by atoms with Crippen molar-refractivity contribution >= 4 is 11.6 Å². The maximum Gasteiger partial charge on any atom is 0.418 e. The number of rotatable bonds is 4. The predicted octanol–water partition coefficient (Wildman–Crippen LogP) is 4.62. The second-order valence-electron chi connectivity index (χ2n) is 4.31. The van der Waals surface area contributed by atoms with Gasteiger partial charge in [-0.15, -0.1) is 0 Å². The van der Waals surface area contributed by atoms with Crippen molar-refractivity contribution in [3.63, 3.8) is 0 Å². The van der Waals surface area contributed by atoms with E-state index in [-0.39, 0.29) is 11.4 Å². The Hall–Kier alpha value is -2.76. The lowest BCUT2D eigenvalue weighted by Crippen LogP contribution is -2.14. The maximum absolute atomic E-state index is 13.1. The molecule has 2 rings (SSSR count). The summed E-state index contributed by atoms with van der Waals surface area (Å²) in [7, 11) is 0. The van der Waals surface area contributed by atoms with Gasteiger partial charge < -0.3 is 10.1 Å². The summed E-state index contributed by atoms with van der Waals surface area (Å²) in [5, 5.41) is 2.13. The van der Waals surface area contributed by atoms with E-state index >= 15 is 0 Å². The molecule has 114 valence electrons. The molecule has 0 aliphatic carbocycles. The highest BCUT2D eigenvalue weighted by Crippen LogP contribution is 2.38. The van der Waals surface area contributed by atoms with E-state index < -0.39 is 17.6 Å². The van der Waals surface area contributed by atoms with Gasteiger partial charge in [-0.25, -0.2) is 0 Å². The molecule has 0 aromatic heterocycles. The van der Waals surface area contributed by atoms with Crippen LogP contribution in [0.25, 0.3) is 0 Å². The highest BCUT2D eigenvalue weighted by Gasteiger charge is 2.34. The Labute approximate surface area is 125 Å². The molecule has 0 radical (unpaired) electrons. The number of halogens is 3. The van der Waals surface area contributed by atoms with Crippen LogP contribution in [0.15, 0.2) is 61.2 Å². The van der Waals surface area contributed by atoms with Crippen LogP contribution in [0.2, 0.25) is 0 Å². The van der Waals surface area contributed by atoms with Crippen LogP contribution in [0.5, 0.6) is 11.5 Å². The number of carbonyl (C=O) groups excluding carboxylic acids is 1. The largest absolute Gasteiger partial charge is 0.457 e. The molecule has 2 aromatic rings. The first-order chi connectivity index (χ1) is 10.4. The molecule has 3 nitrogen and oxygen atoms in total. The third-order valence-electron chi connectivity index (χ3n) is 2.72. The van der Waals surface area contributed by atoms with Gasteiger partial charge in [-0.1, -0.05) is 24.8 Å². The molecule has 0 aliphatic rings. The number of alkyl halides is 3. The topological polar surface area (TPSA) is 38.3 Å². The summed E-state index contributed by atoms with van der Waals surface area (Å²) in [4.78, 5) is 11.2. The smallest absolute Gasteiger partial charge is 0.418 e. The van der Waals surface area contributed by atoms with Gasteiger partial charge in [0.15, 0.2) is 0 Å². The summed E-state index contributed by atoms with van der Waals surface area (Å²) < 4.78 is 44.6. The van der Waals surface area contributed by atoms with E-state index in [9.17, 15) is 18.0 Å². The van der Waals surface area contributed by atoms with E-state index in [0.717, 1.165) is 18.2 Å². The fourth-order valence-electron chi connectivity index (χ4n) is 1.74. The van der Waals surface area contributed by atoms with Gasteiger partial charge >= 0.3 is 6.18 Å². The van der Waals surface area contributed by atoms with Crippen molar-refractivity contribution in [2.45, 2.75) is 6.18 Å². The predicted molar refractivity (Wildman–Crippen MR) is 76.8 cm³/mol. The zero-order valence-corrected chi connectivity index (χ0v) is 11.4. The summed E-state index contributed by atoms with van der Waals surface area (Å²) in [6.45, 7) is 3.20. The van der Waals surface area contributed by atoms with Crippen LogP contribution in [0.1, 0.15) is 5.56 Å². The molecule has 0 aliphatic heterocycles. The molecule has 1 amide bonds. The first-order valence-corrected chi connectivity index (χ1v) is 6.27. The van der Waals surface area contributed by atoms with E-state index in [0.29, 0.717) is 5.75 Å². The van der Waals surface area contributed by atoms with Crippen LogP contribution in [-0.4, -0.2) is 5.91 Å². The number of hydrogen-bond donors (Lipinski definition) is 1. The molecule has 0 bridgehead atoms. The lowest BCUT2D eigenvalue weighted by Gasteiger charge is -2.15. The van der Waals surface area contributed by atoms with Crippen LogP contribution < -0.4 is 10.1 Å². The Balaban J connectivity index is 2.35. The molecule has 0 fully saturated rings. The van der Waals surface area contributed by atoms with Crippen LogP contribution in [0.3, 0.4) is 0 Å². The molecule has 0 saturated heterocycles. The molecule has 0 unspecified atom stereocenters. The van der Waals surface area contributed by atoms with Crippen molar-refractivity contribution < 1.29 is 22.7 Å².